The molecule has 0 saturated heterocycles. The Morgan fingerprint density at radius 2 is 1.62 bits per heavy atom. The van der Waals surface area contributed by atoms with Crippen LogP contribution < -0.4 is 10.6 Å². The average Bonchev–Trinajstić information content (AvgIpc) is 3.46. The monoisotopic (exact) mass is 562 g/mol. The molecule has 0 radical (unpaired) electrons. The molecule has 2 N–H and O–H groups in total. The van der Waals surface area contributed by atoms with Crippen LogP contribution in [0, 0.1) is 6.92 Å². The number of thiophene rings is 1. The molecule has 0 aliphatic carbocycles. The zero-order chi connectivity index (χ0) is 26.8. The topological polar surface area (TPSA) is 137 Å². The first kappa shape index (κ1) is 28.3. The largest absolute Gasteiger partial charge is 0.462 e. The van der Waals surface area contributed by atoms with Crippen LogP contribution in [0.5, 0.6) is 0 Å². The number of nitrogens with one attached hydrogen (secondary N) is 2. The van der Waals surface area contributed by atoms with Gasteiger partial charge in [0, 0.05) is 6.42 Å². The molecule has 10 nitrogen and oxygen atoms in total. The Bertz CT molecular complexity index is 1260. The maximum absolute atomic E-state index is 12.6. The molecule has 0 fully saturated rings. The molecule has 2 amide bonds. The predicted octanol–water partition coefficient (Wildman–Crippen LogP) is 4.56. The molecule has 0 unspecified atom stereocenters. The van der Waals surface area contributed by atoms with Crippen LogP contribution in [0.2, 0.25) is 0 Å². The number of thioether (sulfide) groups is 1. The number of ether oxygens (including phenoxy) is 2. The molecule has 0 spiro atoms. The number of carbonyl (C=O) groups excluding carboxylic acids is 4. The van der Waals surface area contributed by atoms with Gasteiger partial charge in [0.2, 0.25) is 16.9 Å². The number of carbonyl (C=O) groups is 4. The second-order valence-electron chi connectivity index (χ2n) is 7.44. The van der Waals surface area contributed by atoms with Gasteiger partial charge in [0.05, 0.1) is 24.5 Å². The van der Waals surface area contributed by atoms with Gasteiger partial charge in [-0.05, 0) is 38.3 Å². The summed E-state index contributed by atoms with van der Waals surface area (Å²) in [6, 6.07) is 9.69. The first-order valence-corrected chi connectivity index (χ1v) is 14.0. The lowest BCUT2D eigenvalue weighted by Gasteiger charge is -2.06. The molecule has 1 aromatic carbocycles. The normalized spacial score (nSPS) is 10.6. The average molecular weight is 563 g/mol. The van der Waals surface area contributed by atoms with Crippen LogP contribution in [0.25, 0.3) is 0 Å². The van der Waals surface area contributed by atoms with E-state index in [0.29, 0.717) is 27.9 Å². The van der Waals surface area contributed by atoms with Gasteiger partial charge in [0.1, 0.15) is 9.88 Å². The number of aryl methyl sites for hydroxylation is 1. The van der Waals surface area contributed by atoms with Crippen molar-refractivity contribution in [2.24, 2.45) is 0 Å². The Morgan fingerprint density at radius 1 is 0.919 bits per heavy atom. The zero-order valence-corrected chi connectivity index (χ0v) is 22.9. The van der Waals surface area contributed by atoms with E-state index in [9.17, 15) is 19.2 Å². The van der Waals surface area contributed by atoms with Crippen LogP contribution in [0.1, 0.15) is 51.4 Å². The van der Waals surface area contributed by atoms with Gasteiger partial charge in [0.15, 0.2) is 4.34 Å². The highest BCUT2D eigenvalue weighted by Gasteiger charge is 2.27. The number of amides is 2. The third-order valence-corrected chi connectivity index (χ3v) is 7.96. The minimum atomic E-state index is -0.633. The number of benzene rings is 1. The van der Waals surface area contributed by atoms with Crippen LogP contribution in [0.4, 0.5) is 10.1 Å². The molecule has 3 aromatic rings. The van der Waals surface area contributed by atoms with Gasteiger partial charge in [-0.25, -0.2) is 9.59 Å². The van der Waals surface area contributed by atoms with Crippen LogP contribution in [0.15, 0.2) is 34.7 Å². The highest BCUT2D eigenvalue weighted by Crippen LogP contribution is 2.35. The fourth-order valence-electron chi connectivity index (χ4n) is 3.13. The van der Waals surface area contributed by atoms with E-state index in [1.807, 2.05) is 30.3 Å². The molecule has 13 heteroatoms. The van der Waals surface area contributed by atoms with E-state index < -0.39 is 17.8 Å². The van der Waals surface area contributed by atoms with E-state index >= 15 is 0 Å². The SMILES string of the molecule is CCOC(=O)c1sc(NC(=O)CSc2nnc(NC(=O)CCc3ccccc3)s2)c(C(=O)OCC)c1C. The molecule has 2 aromatic heterocycles. The van der Waals surface area contributed by atoms with Gasteiger partial charge in [-0.15, -0.1) is 21.5 Å². The van der Waals surface area contributed by atoms with E-state index in [-0.39, 0.29) is 40.3 Å². The minimum absolute atomic E-state index is 0.0233. The Morgan fingerprint density at radius 3 is 2.32 bits per heavy atom. The molecule has 0 aliphatic rings. The third-order valence-electron chi connectivity index (χ3n) is 4.80. The van der Waals surface area contributed by atoms with Crippen LogP contribution in [0.3, 0.4) is 0 Å². The summed E-state index contributed by atoms with van der Waals surface area (Å²) in [5.74, 6) is -1.81. The van der Waals surface area contributed by atoms with Crippen molar-refractivity contribution >= 4 is 68.3 Å². The Hall–Kier alpha value is -3.29. The van der Waals surface area contributed by atoms with Crippen molar-refractivity contribution in [3.05, 3.63) is 51.9 Å². The molecule has 37 heavy (non-hydrogen) atoms. The van der Waals surface area contributed by atoms with Crippen molar-refractivity contribution in [1.29, 1.82) is 0 Å². The van der Waals surface area contributed by atoms with Crippen LogP contribution in [-0.2, 0) is 25.5 Å². The van der Waals surface area contributed by atoms with Crippen molar-refractivity contribution in [2.75, 3.05) is 29.6 Å². The molecule has 0 saturated carbocycles. The molecular weight excluding hydrogens is 536 g/mol. The van der Waals surface area contributed by atoms with Crippen LogP contribution >= 0.6 is 34.4 Å². The quantitative estimate of drug-likeness (QED) is 0.185. The maximum Gasteiger partial charge on any atom is 0.348 e. The summed E-state index contributed by atoms with van der Waals surface area (Å²) < 4.78 is 10.6. The molecule has 0 bridgehead atoms. The number of hydrogen-bond donors (Lipinski definition) is 2. The molecule has 2 heterocycles. The highest BCUT2D eigenvalue weighted by atomic mass is 32.2. The molecule has 3 rings (SSSR count). The first-order chi connectivity index (χ1) is 17.8. The van der Waals surface area contributed by atoms with Crippen molar-refractivity contribution < 1.29 is 28.7 Å². The Kier molecular flexibility index (Phi) is 10.6. The molecule has 0 atom stereocenters. The van der Waals surface area contributed by atoms with Gasteiger partial charge in [-0.3, -0.25) is 9.59 Å². The van der Waals surface area contributed by atoms with Crippen molar-refractivity contribution in [1.82, 2.24) is 10.2 Å². The second kappa shape index (κ2) is 13.9. The van der Waals surface area contributed by atoms with Crippen molar-refractivity contribution in [3.63, 3.8) is 0 Å². The smallest absolute Gasteiger partial charge is 0.348 e. The fraction of sp³-hybridized carbons (Fsp3) is 0.333. The van der Waals surface area contributed by atoms with E-state index in [0.717, 1.165) is 40.0 Å². The van der Waals surface area contributed by atoms with E-state index in [4.69, 9.17) is 9.47 Å². The standard InChI is InChI=1S/C24H26N4O6S3/c1-4-33-21(31)18-14(3)19(22(32)34-5-2)36-20(18)25-17(30)13-35-24-28-27-23(37-24)26-16(29)12-11-15-9-7-6-8-10-15/h6-10H,4-5,11-13H2,1-3H3,(H,25,30)(H,26,27,29). The van der Waals surface area contributed by atoms with E-state index in [2.05, 4.69) is 20.8 Å². The third kappa shape index (κ3) is 8.10. The van der Waals surface area contributed by atoms with E-state index in [1.54, 1.807) is 20.8 Å². The number of esters is 2. The zero-order valence-electron chi connectivity index (χ0n) is 20.5. The van der Waals surface area contributed by atoms with Crippen LogP contribution in [-0.4, -0.2) is 52.9 Å². The number of anilines is 2. The van der Waals surface area contributed by atoms with Gasteiger partial charge >= 0.3 is 11.9 Å². The number of aromatic nitrogens is 2. The summed E-state index contributed by atoms with van der Waals surface area (Å²) >= 11 is 3.25. The second-order valence-corrected chi connectivity index (χ2v) is 10.7. The van der Waals surface area contributed by atoms with Gasteiger partial charge in [-0.2, -0.15) is 0 Å². The molecular formula is C24H26N4O6S3. The summed E-state index contributed by atoms with van der Waals surface area (Å²) in [6.07, 6.45) is 0.923. The maximum atomic E-state index is 12.6. The summed E-state index contributed by atoms with van der Waals surface area (Å²) in [5.41, 5.74) is 1.59. The van der Waals surface area contributed by atoms with Gasteiger partial charge in [-0.1, -0.05) is 53.4 Å². The van der Waals surface area contributed by atoms with Gasteiger partial charge < -0.3 is 20.1 Å². The Balaban J connectivity index is 1.57. The Labute approximate surface area is 226 Å². The lowest BCUT2D eigenvalue weighted by molar-refractivity contribution is -0.116. The van der Waals surface area contributed by atoms with Crippen molar-refractivity contribution in [3.8, 4) is 0 Å². The first-order valence-electron chi connectivity index (χ1n) is 11.4. The summed E-state index contributed by atoms with van der Waals surface area (Å²) in [5, 5.41) is 13.9. The number of hydrogen-bond acceptors (Lipinski definition) is 11. The summed E-state index contributed by atoms with van der Waals surface area (Å²) in [4.78, 5) is 49.8. The lowest BCUT2D eigenvalue weighted by atomic mass is 10.1. The lowest BCUT2D eigenvalue weighted by Crippen LogP contribution is -2.16. The predicted molar refractivity (Wildman–Crippen MR) is 144 cm³/mol. The van der Waals surface area contributed by atoms with Gasteiger partial charge in [0.25, 0.3) is 0 Å². The van der Waals surface area contributed by atoms with Crippen molar-refractivity contribution in [2.45, 2.75) is 38.0 Å². The number of nitrogens with zero attached hydrogens (tertiary/aromatic N) is 2. The summed E-state index contributed by atoms with van der Waals surface area (Å²) in [7, 11) is 0. The highest BCUT2D eigenvalue weighted by molar-refractivity contribution is 8.01. The summed E-state index contributed by atoms with van der Waals surface area (Å²) in [6.45, 7) is 5.29. The molecule has 0 aliphatic heterocycles. The number of rotatable bonds is 12. The molecule has 196 valence electrons. The van der Waals surface area contributed by atoms with E-state index in [1.165, 1.54) is 0 Å². The minimum Gasteiger partial charge on any atom is -0.462 e. The fourth-order valence-corrected chi connectivity index (χ4v) is 5.81.